The highest BCUT2D eigenvalue weighted by atomic mass is 35.5. The molecule has 25 heavy (non-hydrogen) atoms. The lowest BCUT2D eigenvalue weighted by atomic mass is 10.1. The summed E-state index contributed by atoms with van der Waals surface area (Å²) in [7, 11) is 3.22. The van der Waals surface area contributed by atoms with Crippen LogP contribution in [0, 0.1) is 0 Å². The van der Waals surface area contributed by atoms with E-state index in [1.807, 2.05) is 18.2 Å². The largest absolute Gasteiger partial charge is 0.493 e. The van der Waals surface area contributed by atoms with E-state index >= 15 is 0 Å². The number of carbonyl (C=O) groups excluding carboxylic acids is 1. The molecule has 2 N–H and O–H groups in total. The number of hydrogen-bond acceptors (Lipinski definition) is 5. The maximum absolute atomic E-state index is 12.1. The molecule has 0 bridgehead atoms. The van der Waals surface area contributed by atoms with Gasteiger partial charge in [0.05, 0.1) is 27.4 Å². The van der Waals surface area contributed by atoms with E-state index < -0.39 is 0 Å². The minimum absolute atomic E-state index is 0. The summed E-state index contributed by atoms with van der Waals surface area (Å²) in [5.41, 5.74) is 1.95. The molecule has 1 aliphatic rings. The number of amides is 1. The van der Waals surface area contributed by atoms with E-state index in [-0.39, 0.29) is 24.4 Å². The molecule has 1 atom stereocenters. The molecule has 1 fully saturated rings. The van der Waals surface area contributed by atoms with Crippen LogP contribution >= 0.6 is 12.4 Å². The fourth-order valence-corrected chi connectivity index (χ4v) is 2.76. The maximum Gasteiger partial charge on any atom is 0.221 e. The van der Waals surface area contributed by atoms with Crippen LogP contribution in [-0.4, -0.2) is 45.9 Å². The monoisotopic (exact) mass is 370 g/mol. The van der Waals surface area contributed by atoms with Crippen molar-refractivity contribution in [1.82, 2.24) is 10.6 Å². The van der Waals surface area contributed by atoms with Gasteiger partial charge in [-0.25, -0.2) is 0 Å². The summed E-state index contributed by atoms with van der Waals surface area (Å²) < 4.78 is 16.2. The molecule has 1 aromatic rings. The third-order valence-corrected chi connectivity index (χ3v) is 3.90. The van der Waals surface area contributed by atoms with E-state index in [1.165, 1.54) is 0 Å². The number of halogens is 1. The van der Waals surface area contributed by atoms with Crippen LogP contribution in [0.4, 0.5) is 0 Å². The summed E-state index contributed by atoms with van der Waals surface area (Å²) in [5.74, 6) is 1.36. The van der Waals surface area contributed by atoms with Crippen molar-refractivity contribution in [1.29, 1.82) is 0 Å². The van der Waals surface area contributed by atoms with Gasteiger partial charge in [0, 0.05) is 31.1 Å². The normalized spacial score (nSPS) is 16.5. The predicted octanol–water partition coefficient (Wildman–Crippen LogP) is 1.85. The van der Waals surface area contributed by atoms with Gasteiger partial charge >= 0.3 is 0 Å². The van der Waals surface area contributed by atoms with Gasteiger partial charge in [0.2, 0.25) is 5.91 Å². The van der Waals surface area contributed by atoms with Crippen molar-refractivity contribution in [2.45, 2.75) is 25.4 Å². The van der Waals surface area contributed by atoms with Crippen molar-refractivity contribution in [3.05, 3.63) is 35.9 Å². The number of morpholine rings is 1. The van der Waals surface area contributed by atoms with E-state index in [0.717, 1.165) is 17.7 Å². The highest BCUT2D eigenvalue weighted by Crippen LogP contribution is 2.33. The Bertz CT molecular complexity index is 574. The van der Waals surface area contributed by atoms with Crippen LogP contribution in [0.3, 0.4) is 0 Å². The predicted molar refractivity (Wildman–Crippen MR) is 99.8 cm³/mol. The topological polar surface area (TPSA) is 68.8 Å². The third-order valence-electron chi connectivity index (χ3n) is 3.90. The number of ether oxygens (including phenoxy) is 3. The first kappa shape index (κ1) is 21.3. The summed E-state index contributed by atoms with van der Waals surface area (Å²) in [6.45, 7) is 6.28. The van der Waals surface area contributed by atoms with Crippen LogP contribution in [-0.2, 0) is 22.5 Å². The van der Waals surface area contributed by atoms with Gasteiger partial charge in [0.15, 0.2) is 11.5 Å². The molecule has 1 unspecified atom stereocenters. The van der Waals surface area contributed by atoms with Crippen LogP contribution in [0.2, 0.25) is 0 Å². The zero-order valence-corrected chi connectivity index (χ0v) is 15.6. The summed E-state index contributed by atoms with van der Waals surface area (Å²) in [4.78, 5) is 12.1. The summed E-state index contributed by atoms with van der Waals surface area (Å²) in [5, 5.41) is 6.22. The highest BCUT2D eigenvalue weighted by molar-refractivity contribution is 5.85. The summed E-state index contributed by atoms with van der Waals surface area (Å²) >= 11 is 0. The lowest BCUT2D eigenvalue weighted by Gasteiger charge is -2.23. The van der Waals surface area contributed by atoms with Crippen molar-refractivity contribution >= 4 is 18.3 Å². The quantitative estimate of drug-likeness (QED) is 0.683. The Morgan fingerprint density at radius 3 is 2.84 bits per heavy atom. The van der Waals surface area contributed by atoms with Gasteiger partial charge in [-0.1, -0.05) is 6.08 Å². The van der Waals surface area contributed by atoms with Crippen molar-refractivity contribution < 1.29 is 19.0 Å². The fraction of sp³-hybridized carbons (Fsp3) is 0.500. The van der Waals surface area contributed by atoms with Gasteiger partial charge in [0.1, 0.15) is 0 Å². The lowest BCUT2D eigenvalue weighted by molar-refractivity contribution is -0.122. The zero-order chi connectivity index (χ0) is 17.4. The van der Waals surface area contributed by atoms with E-state index in [9.17, 15) is 4.79 Å². The molecule has 0 spiro atoms. The number of nitrogens with one attached hydrogen (secondary N) is 2. The minimum atomic E-state index is -0.00180. The molecule has 6 nitrogen and oxygen atoms in total. The number of rotatable bonds is 8. The maximum atomic E-state index is 12.1. The van der Waals surface area contributed by atoms with Gasteiger partial charge in [-0.15, -0.1) is 19.0 Å². The van der Waals surface area contributed by atoms with Gasteiger partial charge < -0.3 is 24.8 Å². The SMILES string of the molecule is C=CCc1cc(CNC(=O)CC2COCCN2)cc(OC)c1OC.Cl. The van der Waals surface area contributed by atoms with Crippen LogP contribution < -0.4 is 20.1 Å². The molecule has 0 saturated carbocycles. The number of hydrogen-bond donors (Lipinski definition) is 2. The molecule has 7 heteroatoms. The first-order chi connectivity index (χ1) is 11.7. The highest BCUT2D eigenvalue weighted by Gasteiger charge is 2.17. The Hall–Kier alpha value is -1.76. The second-order valence-corrected chi connectivity index (χ2v) is 5.69. The van der Waals surface area contributed by atoms with E-state index in [1.54, 1.807) is 14.2 Å². The molecule has 0 aromatic heterocycles. The molecular weight excluding hydrogens is 344 g/mol. The molecule has 0 radical (unpaired) electrons. The average molecular weight is 371 g/mol. The Kier molecular flexibility index (Phi) is 9.34. The molecule has 1 aromatic carbocycles. The third kappa shape index (κ3) is 6.23. The van der Waals surface area contributed by atoms with Crippen LogP contribution in [0.1, 0.15) is 17.5 Å². The Morgan fingerprint density at radius 1 is 1.44 bits per heavy atom. The summed E-state index contributed by atoms with van der Waals surface area (Å²) in [6.07, 6.45) is 2.89. The number of carbonyl (C=O) groups is 1. The molecular formula is C18H27ClN2O4. The molecule has 2 rings (SSSR count). The van der Waals surface area contributed by atoms with E-state index in [4.69, 9.17) is 14.2 Å². The van der Waals surface area contributed by atoms with Crippen LogP contribution in [0.15, 0.2) is 24.8 Å². The number of benzene rings is 1. The van der Waals surface area contributed by atoms with Crippen molar-refractivity contribution in [2.24, 2.45) is 0 Å². The first-order valence-electron chi connectivity index (χ1n) is 8.10. The second kappa shape index (κ2) is 11.0. The molecule has 1 aliphatic heterocycles. The number of allylic oxidation sites excluding steroid dienone is 1. The van der Waals surface area contributed by atoms with Crippen LogP contribution in [0.5, 0.6) is 11.5 Å². The van der Waals surface area contributed by atoms with E-state index in [0.29, 0.717) is 44.1 Å². The molecule has 1 amide bonds. The minimum Gasteiger partial charge on any atom is -0.493 e. The Labute approximate surface area is 155 Å². The van der Waals surface area contributed by atoms with E-state index in [2.05, 4.69) is 17.2 Å². The first-order valence-corrected chi connectivity index (χ1v) is 8.10. The van der Waals surface area contributed by atoms with Crippen molar-refractivity contribution in [3.63, 3.8) is 0 Å². The van der Waals surface area contributed by atoms with Gasteiger partial charge in [0.25, 0.3) is 0 Å². The zero-order valence-electron chi connectivity index (χ0n) is 14.8. The second-order valence-electron chi connectivity index (χ2n) is 5.69. The Balaban J connectivity index is 0.00000312. The van der Waals surface area contributed by atoms with Crippen LogP contribution in [0.25, 0.3) is 0 Å². The molecule has 140 valence electrons. The van der Waals surface area contributed by atoms with Gasteiger partial charge in [-0.05, 0) is 24.1 Å². The standard InChI is InChI=1S/C18H26N2O4.ClH/c1-4-5-14-8-13(9-16(22-2)18(14)23-3)11-20-17(21)10-15-12-24-7-6-19-15;/h4,8-9,15,19H,1,5-7,10-12H2,2-3H3,(H,20,21);1H. The molecule has 1 saturated heterocycles. The van der Waals surface area contributed by atoms with Gasteiger partial charge in [-0.3, -0.25) is 4.79 Å². The Morgan fingerprint density at radius 2 is 2.24 bits per heavy atom. The number of methoxy groups -OCH3 is 2. The molecule has 1 heterocycles. The fourth-order valence-electron chi connectivity index (χ4n) is 2.76. The average Bonchev–Trinajstić information content (AvgIpc) is 2.60. The lowest BCUT2D eigenvalue weighted by Crippen LogP contribution is -2.44. The van der Waals surface area contributed by atoms with Crippen molar-refractivity contribution in [2.75, 3.05) is 34.0 Å². The smallest absolute Gasteiger partial charge is 0.221 e. The van der Waals surface area contributed by atoms with Gasteiger partial charge in [-0.2, -0.15) is 0 Å². The summed E-state index contributed by atoms with van der Waals surface area (Å²) in [6, 6.07) is 3.97. The molecule has 0 aliphatic carbocycles. The van der Waals surface area contributed by atoms with Crippen molar-refractivity contribution in [3.8, 4) is 11.5 Å².